The number of hydrogen-bond acceptors (Lipinski definition) is 6. The second kappa shape index (κ2) is 8.26. The fraction of sp³-hybridized carbons (Fsp3) is 1.00. The number of ether oxygens (including phenoxy) is 5. The molecule has 0 radical (unpaired) electrons. The molecule has 6 heteroatoms. The lowest BCUT2D eigenvalue weighted by Gasteiger charge is -2.40. The minimum Gasteiger partial charge on any atom is -0.382 e. The molecule has 118 valence electrons. The summed E-state index contributed by atoms with van der Waals surface area (Å²) in [4.78, 5) is 0. The molecule has 0 amide bonds. The summed E-state index contributed by atoms with van der Waals surface area (Å²) >= 11 is 0. The van der Waals surface area contributed by atoms with Crippen molar-refractivity contribution in [1.29, 1.82) is 0 Å². The molecule has 2 aliphatic rings. The van der Waals surface area contributed by atoms with Crippen LogP contribution in [0.2, 0.25) is 0 Å². The number of rotatable bonds is 8. The van der Waals surface area contributed by atoms with Crippen LogP contribution in [0.1, 0.15) is 19.3 Å². The molecule has 1 aliphatic carbocycles. The smallest absolute Gasteiger partial charge is 0.171 e. The van der Waals surface area contributed by atoms with Crippen LogP contribution in [0.15, 0.2) is 0 Å². The van der Waals surface area contributed by atoms with Crippen molar-refractivity contribution in [3.8, 4) is 0 Å². The second-order valence-electron chi connectivity index (χ2n) is 5.26. The highest BCUT2D eigenvalue weighted by molar-refractivity contribution is 4.91. The van der Waals surface area contributed by atoms with Gasteiger partial charge in [-0.1, -0.05) is 0 Å². The van der Waals surface area contributed by atoms with E-state index in [1.165, 1.54) is 0 Å². The van der Waals surface area contributed by atoms with E-state index in [4.69, 9.17) is 23.7 Å². The summed E-state index contributed by atoms with van der Waals surface area (Å²) in [7, 11) is 3.64. The fourth-order valence-corrected chi connectivity index (χ4v) is 2.88. The third-order valence-electron chi connectivity index (χ3n) is 3.97. The van der Waals surface area contributed by atoms with Crippen LogP contribution >= 0.6 is 0 Å². The van der Waals surface area contributed by atoms with Crippen LogP contribution in [0.3, 0.4) is 0 Å². The summed E-state index contributed by atoms with van der Waals surface area (Å²) in [5, 5.41) is 3.32. The second-order valence-corrected chi connectivity index (χ2v) is 5.26. The quantitative estimate of drug-likeness (QED) is 0.659. The molecule has 1 saturated carbocycles. The molecule has 2 unspecified atom stereocenters. The normalized spacial score (nSPS) is 29.1. The van der Waals surface area contributed by atoms with Gasteiger partial charge in [0.1, 0.15) is 0 Å². The summed E-state index contributed by atoms with van der Waals surface area (Å²) < 4.78 is 27.9. The van der Waals surface area contributed by atoms with E-state index in [0.717, 1.165) is 19.3 Å². The number of methoxy groups -OCH3 is 1. The molecule has 1 aliphatic heterocycles. The third kappa shape index (κ3) is 4.38. The summed E-state index contributed by atoms with van der Waals surface area (Å²) in [5.41, 5.74) is 0. The van der Waals surface area contributed by atoms with E-state index in [1.807, 2.05) is 7.05 Å². The van der Waals surface area contributed by atoms with Crippen LogP contribution < -0.4 is 5.32 Å². The van der Waals surface area contributed by atoms with Gasteiger partial charge in [0.15, 0.2) is 5.79 Å². The minimum absolute atomic E-state index is 0.109. The van der Waals surface area contributed by atoms with Crippen molar-refractivity contribution in [3.63, 3.8) is 0 Å². The third-order valence-corrected chi connectivity index (χ3v) is 3.97. The van der Waals surface area contributed by atoms with Crippen LogP contribution in [0.5, 0.6) is 0 Å². The monoisotopic (exact) mass is 289 g/mol. The Morgan fingerprint density at radius 2 is 1.90 bits per heavy atom. The van der Waals surface area contributed by atoms with E-state index in [2.05, 4.69) is 5.32 Å². The Kier molecular flexibility index (Phi) is 6.67. The maximum atomic E-state index is 5.97. The van der Waals surface area contributed by atoms with Gasteiger partial charge in [-0.3, -0.25) is 0 Å². The average Bonchev–Trinajstić information content (AvgIpc) is 2.91. The van der Waals surface area contributed by atoms with Crippen molar-refractivity contribution >= 4 is 0 Å². The molecule has 2 rings (SSSR count). The van der Waals surface area contributed by atoms with Gasteiger partial charge in [0.05, 0.1) is 45.7 Å². The summed E-state index contributed by atoms with van der Waals surface area (Å²) in [6.07, 6.45) is 2.84. The predicted molar refractivity (Wildman–Crippen MR) is 73.8 cm³/mol. The SMILES string of the molecule is CNC1CCC2(CC1OCCOCCOC)OCCO2. The first-order valence-electron chi connectivity index (χ1n) is 7.43. The lowest BCUT2D eigenvalue weighted by atomic mass is 9.87. The zero-order valence-corrected chi connectivity index (χ0v) is 12.6. The molecular weight excluding hydrogens is 262 g/mol. The first-order chi connectivity index (χ1) is 9.79. The highest BCUT2D eigenvalue weighted by atomic mass is 16.7. The lowest BCUT2D eigenvalue weighted by molar-refractivity contribution is -0.207. The summed E-state index contributed by atoms with van der Waals surface area (Å²) in [6.45, 7) is 3.78. The molecule has 1 N–H and O–H groups in total. The Hall–Kier alpha value is -0.240. The van der Waals surface area contributed by atoms with E-state index in [0.29, 0.717) is 45.7 Å². The molecule has 0 bridgehead atoms. The van der Waals surface area contributed by atoms with E-state index in [-0.39, 0.29) is 6.10 Å². The molecule has 0 aromatic carbocycles. The molecule has 1 spiro atoms. The van der Waals surface area contributed by atoms with Gasteiger partial charge in [-0.15, -0.1) is 0 Å². The standard InChI is InChI=1S/C14H27NO5/c1-15-12-3-4-14(19-9-10-20-14)11-13(12)18-8-7-17-6-5-16-2/h12-13,15H,3-11H2,1-2H3. The maximum Gasteiger partial charge on any atom is 0.171 e. The number of likely N-dealkylation sites (N-methyl/N-ethyl adjacent to an activating group) is 1. The zero-order valence-electron chi connectivity index (χ0n) is 12.6. The van der Waals surface area contributed by atoms with Crippen LogP contribution in [0.4, 0.5) is 0 Å². The first kappa shape index (κ1) is 16.1. The van der Waals surface area contributed by atoms with Crippen molar-refractivity contribution in [1.82, 2.24) is 5.32 Å². The maximum absolute atomic E-state index is 5.97. The Bertz CT molecular complexity index is 270. The first-order valence-corrected chi connectivity index (χ1v) is 7.43. The van der Waals surface area contributed by atoms with Crippen molar-refractivity contribution < 1.29 is 23.7 Å². The Labute approximate surface area is 121 Å². The Morgan fingerprint density at radius 3 is 2.60 bits per heavy atom. The molecular formula is C14H27NO5. The van der Waals surface area contributed by atoms with Gasteiger partial charge in [0, 0.05) is 26.0 Å². The highest BCUT2D eigenvalue weighted by Crippen LogP contribution is 2.37. The molecule has 0 aromatic heterocycles. The van der Waals surface area contributed by atoms with Crippen molar-refractivity contribution in [2.24, 2.45) is 0 Å². The van der Waals surface area contributed by atoms with Gasteiger partial charge in [0.2, 0.25) is 0 Å². The van der Waals surface area contributed by atoms with Gasteiger partial charge in [0.25, 0.3) is 0 Å². The topological polar surface area (TPSA) is 58.2 Å². The molecule has 2 fully saturated rings. The Morgan fingerprint density at radius 1 is 1.15 bits per heavy atom. The van der Waals surface area contributed by atoms with Crippen molar-refractivity contribution in [3.05, 3.63) is 0 Å². The van der Waals surface area contributed by atoms with Crippen LogP contribution in [-0.4, -0.2) is 71.7 Å². The van der Waals surface area contributed by atoms with Crippen molar-refractivity contribution in [2.45, 2.75) is 37.2 Å². The van der Waals surface area contributed by atoms with Gasteiger partial charge < -0.3 is 29.0 Å². The number of hydrogen-bond donors (Lipinski definition) is 1. The largest absolute Gasteiger partial charge is 0.382 e. The van der Waals surface area contributed by atoms with Crippen LogP contribution in [0, 0.1) is 0 Å². The van der Waals surface area contributed by atoms with Gasteiger partial charge in [-0.25, -0.2) is 0 Å². The molecule has 0 aromatic rings. The molecule has 20 heavy (non-hydrogen) atoms. The van der Waals surface area contributed by atoms with Gasteiger partial charge in [-0.2, -0.15) is 0 Å². The molecule has 1 heterocycles. The fourth-order valence-electron chi connectivity index (χ4n) is 2.88. The molecule has 1 saturated heterocycles. The van der Waals surface area contributed by atoms with Crippen LogP contribution in [-0.2, 0) is 23.7 Å². The lowest BCUT2D eigenvalue weighted by Crippen LogP contribution is -2.51. The van der Waals surface area contributed by atoms with E-state index in [1.54, 1.807) is 7.11 Å². The van der Waals surface area contributed by atoms with E-state index >= 15 is 0 Å². The van der Waals surface area contributed by atoms with Crippen LogP contribution in [0.25, 0.3) is 0 Å². The highest BCUT2D eigenvalue weighted by Gasteiger charge is 2.45. The zero-order chi connectivity index (χ0) is 14.3. The Balaban J connectivity index is 1.71. The minimum atomic E-state index is -0.408. The molecule has 2 atom stereocenters. The molecule has 6 nitrogen and oxygen atoms in total. The average molecular weight is 289 g/mol. The predicted octanol–water partition coefficient (Wildman–Crippen LogP) is 0.550. The van der Waals surface area contributed by atoms with Crippen molar-refractivity contribution in [2.75, 3.05) is 53.8 Å². The van der Waals surface area contributed by atoms with E-state index < -0.39 is 5.79 Å². The number of nitrogens with one attached hydrogen (secondary N) is 1. The summed E-state index contributed by atoms with van der Waals surface area (Å²) in [5.74, 6) is -0.408. The summed E-state index contributed by atoms with van der Waals surface area (Å²) in [6, 6.07) is 0.354. The van der Waals surface area contributed by atoms with Gasteiger partial charge >= 0.3 is 0 Å². The van der Waals surface area contributed by atoms with Gasteiger partial charge in [-0.05, 0) is 13.5 Å². The van der Waals surface area contributed by atoms with E-state index in [9.17, 15) is 0 Å².